The number of benzene rings is 4. The van der Waals surface area contributed by atoms with Crippen LogP contribution in [0.1, 0.15) is 36.5 Å². The maximum atomic E-state index is 14.4. The van der Waals surface area contributed by atoms with Crippen molar-refractivity contribution in [2.24, 2.45) is 0 Å². The molecule has 4 aromatic carbocycles. The molecule has 0 bridgehead atoms. The molecular weight excluding hydrogens is 577 g/mol. The molecule has 1 N–H and O–H groups in total. The molecule has 0 unspecified atom stereocenters. The number of aryl methyl sites for hydroxylation is 1. The van der Waals surface area contributed by atoms with Gasteiger partial charge in [0.25, 0.3) is 10.0 Å². The van der Waals surface area contributed by atoms with Crippen LogP contribution < -0.4 is 9.62 Å². The third kappa shape index (κ3) is 8.54. The number of nitrogens with zero attached hydrogens (tertiary/aromatic N) is 2. The number of rotatable bonds is 14. The largest absolute Gasteiger partial charge is 0.354 e. The van der Waals surface area contributed by atoms with Crippen LogP contribution in [0.2, 0.25) is 0 Å². The lowest BCUT2D eigenvalue weighted by atomic mass is 10.0. The second-order valence-electron chi connectivity index (χ2n) is 10.7. The van der Waals surface area contributed by atoms with E-state index in [1.165, 1.54) is 17.0 Å². The Morgan fingerprint density at radius 1 is 0.818 bits per heavy atom. The fourth-order valence-corrected chi connectivity index (χ4v) is 6.23. The number of hydrogen-bond acceptors (Lipinski definition) is 4. The standard InChI is InChI=1S/C35H38FN3O4S/c1-3-4-23-37-35(41)33(24-28-11-7-5-8-12-28)38(25-29-13-9-6-10-14-29)34(40)26-39(31-19-15-27(2)16-20-31)44(42,43)32-21-17-30(36)18-22-32/h5-22,33H,3-4,23-26H2,1-2H3,(H,37,41)/t33-/m1/s1. The van der Waals surface area contributed by atoms with Crippen molar-refractivity contribution >= 4 is 27.5 Å². The Hall–Kier alpha value is -4.50. The number of nitrogens with one attached hydrogen (secondary N) is 1. The van der Waals surface area contributed by atoms with Crippen LogP contribution in [-0.2, 0) is 32.6 Å². The number of unbranched alkanes of at least 4 members (excludes halogenated alkanes) is 1. The average molecular weight is 616 g/mol. The summed E-state index contributed by atoms with van der Waals surface area (Å²) < 4.78 is 42.7. The van der Waals surface area contributed by atoms with Crippen LogP contribution in [-0.4, -0.2) is 44.3 Å². The highest BCUT2D eigenvalue weighted by molar-refractivity contribution is 7.92. The SMILES string of the molecule is CCCCNC(=O)[C@@H](Cc1ccccc1)N(Cc1ccccc1)C(=O)CN(c1ccc(C)cc1)S(=O)(=O)c1ccc(F)cc1. The predicted octanol–water partition coefficient (Wildman–Crippen LogP) is 5.89. The smallest absolute Gasteiger partial charge is 0.264 e. The zero-order chi connectivity index (χ0) is 31.5. The van der Waals surface area contributed by atoms with E-state index in [1.807, 2.05) is 74.5 Å². The lowest BCUT2D eigenvalue weighted by Crippen LogP contribution is -2.53. The molecule has 0 aliphatic heterocycles. The number of amides is 2. The van der Waals surface area contributed by atoms with E-state index in [1.54, 1.807) is 24.3 Å². The van der Waals surface area contributed by atoms with Crippen molar-refractivity contribution in [2.45, 2.75) is 50.6 Å². The maximum Gasteiger partial charge on any atom is 0.264 e. The normalized spacial score (nSPS) is 11.9. The average Bonchev–Trinajstić information content (AvgIpc) is 3.03. The molecule has 44 heavy (non-hydrogen) atoms. The summed E-state index contributed by atoms with van der Waals surface area (Å²) in [7, 11) is -4.29. The van der Waals surface area contributed by atoms with Crippen LogP contribution in [0.15, 0.2) is 114 Å². The van der Waals surface area contributed by atoms with Gasteiger partial charge in [-0.2, -0.15) is 0 Å². The zero-order valence-electron chi connectivity index (χ0n) is 25.0. The lowest BCUT2D eigenvalue weighted by Gasteiger charge is -2.34. The Bertz CT molecular complexity index is 1610. The summed E-state index contributed by atoms with van der Waals surface area (Å²) in [6, 6.07) is 29.1. The van der Waals surface area contributed by atoms with E-state index < -0.39 is 34.3 Å². The Kier molecular flexibility index (Phi) is 11.3. The van der Waals surface area contributed by atoms with Gasteiger partial charge in [0.2, 0.25) is 11.8 Å². The van der Waals surface area contributed by atoms with Gasteiger partial charge in [0.05, 0.1) is 10.6 Å². The molecule has 0 aromatic heterocycles. The minimum atomic E-state index is -4.29. The van der Waals surface area contributed by atoms with Gasteiger partial charge in [-0.05, 0) is 60.9 Å². The van der Waals surface area contributed by atoms with Gasteiger partial charge in [0.1, 0.15) is 18.4 Å². The van der Waals surface area contributed by atoms with Crippen LogP contribution in [0, 0.1) is 12.7 Å². The van der Waals surface area contributed by atoms with E-state index in [0.717, 1.165) is 46.0 Å². The highest BCUT2D eigenvalue weighted by Crippen LogP contribution is 2.26. The van der Waals surface area contributed by atoms with Crippen molar-refractivity contribution in [2.75, 3.05) is 17.4 Å². The number of carbonyl (C=O) groups is 2. The summed E-state index contributed by atoms with van der Waals surface area (Å²) in [6.45, 7) is 3.89. The molecule has 4 rings (SSSR count). The van der Waals surface area contributed by atoms with Crippen molar-refractivity contribution in [3.8, 4) is 0 Å². The second-order valence-corrected chi connectivity index (χ2v) is 12.5. The molecule has 1 atom stereocenters. The highest BCUT2D eigenvalue weighted by atomic mass is 32.2. The molecule has 0 fully saturated rings. The van der Waals surface area contributed by atoms with E-state index >= 15 is 0 Å². The van der Waals surface area contributed by atoms with Crippen LogP contribution in [0.5, 0.6) is 0 Å². The van der Waals surface area contributed by atoms with Crippen molar-refractivity contribution < 1.29 is 22.4 Å². The molecule has 0 radical (unpaired) electrons. The summed E-state index contributed by atoms with van der Waals surface area (Å²) in [5.74, 6) is -1.43. The Morgan fingerprint density at radius 2 is 1.41 bits per heavy atom. The predicted molar refractivity (Wildman–Crippen MR) is 171 cm³/mol. The molecule has 0 saturated carbocycles. The first-order chi connectivity index (χ1) is 21.2. The van der Waals surface area contributed by atoms with Gasteiger partial charge < -0.3 is 10.2 Å². The third-order valence-corrected chi connectivity index (χ3v) is 9.09. The van der Waals surface area contributed by atoms with Gasteiger partial charge in [-0.25, -0.2) is 12.8 Å². The lowest BCUT2D eigenvalue weighted by molar-refractivity contribution is -0.140. The first-order valence-corrected chi connectivity index (χ1v) is 16.1. The minimum Gasteiger partial charge on any atom is -0.354 e. The van der Waals surface area contributed by atoms with E-state index in [0.29, 0.717) is 6.54 Å². The zero-order valence-corrected chi connectivity index (χ0v) is 25.8. The summed E-state index contributed by atoms with van der Waals surface area (Å²) in [5.41, 5.74) is 2.85. The molecular formula is C35H38FN3O4S. The minimum absolute atomic E-state index is 0.0940. The number of sulfonamides is 1. The highest BCUT2D eigenvalue weighted by Gasteiger charge is 2.34. The Balaban J connectivity index is 1.77. The van der Waals surface area contributed by atoms with Gasteiger partial charge in [0.15, 0.2) is 0 Å². The van der Waals surface area contributed by atoms with Gasteiger partial charge in [-0.15, -0.1) is 0 Å². The molecule has 0 heterocycles. The topological polar surface area (TPSA) is 86.8 Å². The fraction of sp³-hybridized carbons (Fsp3) is 0.257. The van der Waals surface area contributed by atoms with Gasteiger partial charge in [-0.1, -0.05) is 91.7 Å². The third-order valence-electron chi connectivity index (χ3n) is 7.30. The Morgan fingerprint density at radius 3 is 2.00 bits per heavy atom. The molecule has 0 saturated heterocycles. The van der Waals surface area contributed by atoms with Gasteiger partial charge in [-0.3, -0.25) is 13.9 Å². The van der Waals surface area contributed by atoms with E-state index in [4.69, 9.17) is 0 Å². The van der Waals surface area contributed by atoms with Gasteiger partial charge >= 0.3 is 0 Å². The molecule has 0 aliphatic rings. The van der Waals surface area contributed by atoms with Gasteiger partial charge in [0, 0.05) is 19.5 Å². The van der Waals surface area contributed by atoms with Crippen molar-refractivity contribution in [1.29, 1.82) is 0 Å². The van der Waals surface area contributed by atoms with Crippen LogP contribution in [0.25, 0.3) is 0 Å². The second kappa shape index (κ2) is 15.3. The number of anilines is 1. The van der Waals surface area contributed by atoms with E-state index in [9.17, 15) is 22.4 Å². The Labute approximate surface area is 259 Å². The van der Waals surface area contributed by atoms with Crippen LogP contribution in [0.4, 0.5) is 10.1 Å². The molecule has 2 amide bonds. The number of hydrogen-bond donors (Lipinski definition) is 1. The van der Waals surface area contributed by atoms with Crippen molar-refractivity contribution in [3.63, 3.8) is 0 Å². The monoisotopic (exact) mass is 615 g/mol. The first-order valence-electron chi connectivity index (χ1n) is 14.7. The summed E-state index contributed by atoms with van der Waals surface area (Å²) in [6.07, 6.45) is 1.92. The molecule has 4 aromatic rings. The van der Waals surface area contributed by atoms with Crippen LogP contribution >= 0.6 is 0 Å². The van der Waals surface area contributed by atoms with Crippen molar-refractivity contribution in [1.82, 2.24) is 10.2 Å². The van der Waals surface area contributed by atoms with Crippen LogP contribution in [0.3, 0.4) is 0 Å². The first kappa shape index (κ1) is 32.4. The van der Waals surface area contributed by atoms with E-state index in [-0.39, 0.29) is 29.5 Å². The fourth-order valence-electron chi connectivity index (χ4n) is 4.81. The molecule has 230 valence electrons. The molecule has 7 nitrogen and oxygen atoms in total. The quantitative estimate of drug-likeness (QED) is 0.179. The number of carbonyl (C=O) groups excluding carboxylic acids is 2. The molecule has 0 spiro atoms. The van der Waals surface area contributed by atoms with Crippen molar-refractivity contribution in [3.05, 3.63) is 132 Å². The molecule has 0 aliphatic carbocycles. The maximum absolute atomic E-state index is 14.4. The molecule has 9 heteroatoms. The number of halogens is 1. The van der Waals surface area contributed by atoms with E-state index in [2.05, 4.69) is 5.32 Å². The summed E-state index contributed by atoms with van der Waals surface area (Å²) >= 11 is 0. The summed E-state index contributed by atoms with van der Waals surface area (Å²) in [4.78, 5) is 29.4. The summed E-state index contributed by atoms with van der Waals surface area (Å²) in [5, 5.41) is 2.98.